The molecule has 2 fully saturated rings. The summed E-state index contributed by atoms with van der Waals surface area (Å²) in [5.41, 5.74) is 0.824. The zero-order valence-electron chi connectivity index (χ0n) is 11.2. The van der Waals surface area contributed by atoms with E-state index in [0.29, 0.717) is 6.54 Å². The van der Waals surface area contributed by atoms with Gasteiger partial charge in [-0.3, -0.25) is 19.7 Å². The number of carbonyl (C=O) groups is 1. The lowest BCUT2D eigenvalue weighted by Crippen LogP contribution is -2.30. The molecule has 2 saturated heterocycles. The molecule has 0 unspecified atom stereocenters. The van der Waals surface area contributed by atoms with Crippen LogP contribution in [0.15, 0.2) is 24.3 Å². The van der Waals surface area contributed by atoms with Crippen LogP contribution in [0.5, 0.6) is 0 Å². The maximum atomic E-state index is 12.2. The number of likely N-dealkylation sites (tertiary alicyclic amines) is 1. The Bertz CT molecular complexity index is 559. The van der Waals surface area contributed by atoms with Crippen molar-refractivity contribution in [3.05, 3.63) is 39.9 Å². The average Bonchev–Trinajstić information content (AvgIpc) is 2.90. The lowest BCUT2D eigenvalue weighted by molar-refractivity contribution is -0.384. The fourth-order valence-electron chi connectivity index (χ4n) is 2.95. The lowest BCUT2D eigenvalue weighted by Gasteiger charge is -2.19. The number of amides is 1. The summed E-state index contributed by atoms with van der Waals surface area (Å²) in [6.45, 7) is 0.642. The van der Waals surface area contributed by atoms with Crippen LogP contribution in [0, 0.1) is 16.0 Å². The van der Waals surface area contributed by atoms with E-state index in [-0.39, 0.29) is 29.7 Å². The minimum absolute atomic E-state index is 0.0338. The van der Waals surface area contributed by atoms with Crippen LogP contribution in [0.4, 0.5) is 5.69 Å². The molecule has 1 aromatic carbocycles. The summed E-state index contributed by atoms with van der Waals surface area (Å²) < 4.78 is 0. The molecular weight excluding hydrogens is 262 g/mol. The number of fused-ring (bicyclic) bond motifs is 1. The highest BCUT2D eigenvalue weighted by molar-refractivity contribution is 5.83. The average molecular weight is 277 g/mol. The number of nitro benzene ring substituents is 1. The Morgan fingerprint density at radius 3 is 2.55 bits per heavy atom. The minimum Gasteiger partial charge on any atom is -0.344 e. The maximum absolute atomic E-state index is 12.2. The first-order valence-electron chi connectivity index (χ1n) is 6.38. The Morgan fingerprint density at radius 2 is 1.95 bits per heavy atom. The van der Waals surface area contributed by atoms with Gasteiger partial charge in [0.2, 0.25) is 5.91 Å². The molecule has 2 aliphatic rings. The van der Waals surface area contributed by atoms with Crippen LogP contribution in [-0.4, -0.2) is 47.5 Å². The third-order valence-electron chi connectivity index (χ3n) is 4.04. The van der Waals surface area contributed by atoms with Crippen molar-refractivity contribution in [1.82, 2.24) is 9.96 Å². The summed E-state index contributed by atoms with van der Waals surface area (Å²) >= 11 is 0. The number of non-ortho nitro benzene ring substituents is 1. The van der Waals surface area contributed by atoms with Gasteiger partial charge >= 0.3 is 0 Å². The van der Waals surface area contributed by atoms with Gasteiger partial charge in [0.05, 0.1) is 16.9 Å². The summed E-state index contributed by atoms with van der Waals surface area (Å²) in [6, 6.07) is 6.23. The Balaban J connectivity index is 1.90. The normalized spacial score (nSPS) is 29.8. The van der Waals surface area contributed by atoms with Gasteiger partial charge in [-0.05, 0) is 17.7 Å². The molecule has 0 N–H and O–H groups in total. The number of nitro groups is 1. The summed E-state index contributed by atoms with van der Waals surface area (Å²) in [6.07, 6.45) is -0.372. The Hall–Kier alpha value is -1.99. The van der Waals surface area contributed by atoms with Crippen molar-refractivity contribution in [2.24, 2.45) is 5.92 Å². The highest BCUT2D eigenvalue weighted by atomic mass is 16.7. The van der Waals surface area contributed by atoms with Crippen molar-refractivity contribution in [3.8, 4) is 0 Å². The molecule has 0 aromatic heterocycles. The van der Waals surface area contributed by atoms with Crippen LogP contribution in [0.3, 0.4) is 0 Å². The van der Waals surface area contributed by atoms with Gasteiger partial charge in [0.1, 0.15) is 6.10 Å². The first-order valence-corrected chi connectivity index (χ1v) is 6.38. The van der Waals surface area contributed by atoms with Gasteiger partial charge in [-0.2, -0.15) is 5.06 Å². The molecule has 1 amide bonds. The number of nitrogens with zero attached hydrogens (tertiary/aromatic N) is 3. The van der Waals surface area contributed by atoms with Crippen LogP contribution >= 0.6 is 0 Å². The molecule has 3 rings (SSSR count). The third-order valence-corrected chi connectivity index (χ3v) is 4.04. The predicted molar refractivity (Wildman–Crippen MR) is 69.6 cm³/mol. The van der Waals surface area contributed by atoms with E-state index >= 15 is 0 Å². The maximum Gasteiger partial charge on any atom is 0.269 e. The molecule has 7 nitrogen and oxygen atoms in total. The molecule has 1 aromatic rings. The van der Waals surface area contributed by atoms with E-state index in [9.17, 15) is 14.9 Å². The molecule has 0 spiro atoms. The van der Waals surface area contributed by atoms with E-state index in [4.69, 9.17) is 4.84 Å². The van der Waals surface area contributed by atoms with Gasteiger partial charge in [0.15, 0.2) is 0 Å². The van der Waals surface area contributed by atoms with E-state index in [1.807, 2.05) is 7.05 Å². The number of hydrogen-bond donors (Lipinski definition) is 0. The first-order chi connectivity index (χ1) is 9.49. The quantitative estimate of drug-likeness (QED) is 0.594. The van der Waals surface area contributed by atoms with E-state index in [1.165, 1.54) is 12.1 Å². The largest absolute Gasteiger partial charge is 0.344 e. The van der Waals surface area contributed by atoms with Crippen LogP contribution in [0.1, 0.15) is 11.7 Å². The molecular formula is C13H15N3O4. The standard InChI is InChI=1S/C13H15N3O4/c1-14-7-10-11(13(14)17)12(20-15(10)2)8-3-5-9(6-4-8)16(18)19/h3-6,10-12H,7H2,1-2H3/t10-,11+,12-/m0/s1. The molecule has 3 atom stereocenters. The SMILES string of the molecule is CN1C[C@H]2[C@@H](C1=O)[C@H](c1ccc([N+](=O)[O-])cc1)ON2C. The smallest absolute Gasteiger partial charge is 0.269 e. The van der Waals surface area contributed by atoms with Crippen molar-refractivity contribution >= 4 is 11.6 Å². The highest BCUT2D eigenvalue weighted by Crippen LogP contribution is 2.42. The van der Waals surface area contributed by atoms with Gasteiger partial charge in [0.25, 0.3) is 5.69 Å². The number of hydroxylamine groups is 2. The van der Waals surface area contributed by atoms with Crippen LogP contribution in [0.2, 0.25) is 0 Å². The second-order valence-electron chi connectivity index (χ2n) is 5.23. The Morgan fingerprint density at radius 1 is 1.30 bits per heavy atom. The van der Waals surface area contributed by atoms with Crippen LogP contribution < -0.4 is 0 Å². The monoisotopic (exact) mass is 277 g/mol. The summed E-state index contributed by atoms with van der Waals surface area (Å²) in [5, 5.41) is 12.4. The number of likely N-dealkylation sites (N-methyl/N-ethyl adjacent to an activating group) is 2. The second kappa shape index (κ2) is 4.53. The molecule has 2 heterocycles. The van der Waals surface area contributed by atoms with Crippen LogP contribution in [-0.2, 0) is 9.63 Å². The van der Waals surface area contributed by atoms with Gasteiger partial charge in [-0.15, -0.1) is 0 Å². The van der Waals surface area contributed by atoms with Crippen molar-refractivity contribution in [1.29, 1.82) is 0 Å². The van der Waals surface area contributed by atoms with Crippen molar-refractivity contribution < 1.29 is 14.6 Å². The highest BCUT2D eigenvalue weighted by Gasteiger charge is 2.52. The molecule has 2 aliphatic heterocycles. The number of benzene rings is 1. The summed E-state index contributed by atoms with van der Waals surface area (Å²) in [5.74, 6) is -0.186. The van der Waals surface area contributed by atoms with E-state index in [1.54, 1.807) is 29.1 Å². The lowest BCUT2D eigenvalue weighted by atomic mass is 9.92. The van der Waals surface area contributed by atoms with Crippen molar-refractivity contribution in [2.75, 3.05) is 20.6 Å². The summed E-state index contributed by atoms with van der Waals surface area (Å²) in [4.78, 5) is 29.9. The molecule has 20 heavy (non-hydrogen) atoms. The number of hydrogen-bond acceptors (Lipinski definition) is 5. The topological polar surface area (TPSA) is 75.9 Å². The zero-order valence-corrected chi connectivity index (χ0v) is 11.2. The van der Waals surface area contributed by atoms with Gasteiger partial charge < -0.3 is 4.90 Å². The van der Waals surface area contributed by atoms with Gasteiger partial charge in [0, 0.05) is 32.8 Å². The molecule has 0 radical (unpaired) electrons. The summed E-state index contributed by atoms with van der Waals surface area (Å²) in [7, 11) is 3.59. The van der Waals surface area contributed by atoms with Crippen LogP contribution in [0.25, 0.3) is 0 Å². The molecule has 0 aliphatic carbocycles. The molecule has 0 bridgehead atoms. The third kappa shape index (κ3) is 1.86. The van der Waals surface area contributed by atoms with Crippen molar-refractivity contribution in [3.63, 3.8) is 0 Å². The van der Waals surface area contributed by atoms with E-state index < -0.39 is 4.92 Å². The predicted octanol–water partition coefficient (Wildman–Crippen LogP) is 0.970. The second-order valence-corrected chi connectivity index (χ2v) is 5.23. The molecule has 7 heteroatoms. The Kier molecular flexibility index (Phi) is 2.95. The Labute approximate surface area is 115 Å². The molecule has 0 saturated carbocycles. The number of rotatable bonds is 2. The number of carbonyl (C=O) groups excluding carboxylic acids is 1. The van der Waals surface area contributed by atoms with Gasteiger partial charge in [-0.1, -0.05) is 0 Å². The van der Waals surface area contributed by atoms with Crippen molar-refractivity contribution in [2.45, 2.75) is 12.1 Å². The molecule has 106 valence electrons. The minimum atomic E-state index is -0.442. The fraction of sp³-hybridized carbons (Fsp3) is 0.462. The fourth-order valence-corrected chi connectivity index (χ4v) is 2.95. The van der Waals surface area contributed by atoms with Gasteiger partial charge in [-0.25, -0.2) is 0 Å². The zero-order chi connectivity index (χ0) is 14.4. The first kappa shape index (κ1) is 13.0. The van der Waals surface area contributed by atoms with E-state index in [0.717, 1.165) is 5.56 Å². The van der Waals surface area contributed by atoms with E-state index in [2.05, 4.69) is 0 Å².